The van der Waals surface area contributed by atoms with E-state index in [-0.39, 0.29) is 18.5 Å². The summed E-state index contributed by atoms with van der Waals surface area (Å²) in [4.78, 5) is 35.6. The molecule has 1 heterocycles. The largest absolute Gasteiger partial charge is 0.480 e. The summed E-state index contributed by atoms with van der Waals surface area (Å²) < 4.78 is 0. The van der Waals surface area contributed by atoms with Crippen molar-refractivity contribution in [1.29, 1.82) is 0 Å². The molecule has 1 aliphatic rings. The minimum Gasteiger partial charge on any atom is -0.480 e. The van der Waals surface area contributed by atoms with Gasteiger partial charge >= 0.3 is 12.0 Å². The SMILES string of the molecule is CC(C)NC(=O)CNC(=O)N1CCSCC1C(=O)O. The van der Waals surface area contributed by atoms with Crippen LogP contribution in [-0.4, -0.2) is 64.6 Å². The molecule has 108 valence electrons. The van der Waals surface area contributed by atoms with Crippen LogP contribution in [-0.2, 0) is 9.59 Å². The average Bonchev–Trinajstić information content (AvgIpc) is 2.35. The Hall–Kier alpha value is -1.44. The van der Waals surface area contributed by atoms with Crippen LogP contribution >= 0.6 is 11.8 Å². The number of rotatable bonds is 4. The van der Waals surface area contributed by atoms with Gasteiger partial charge in [0.15, 0.2) is 0 Å². The van der Waals surface area contributed by atoms with Crippen LogP contribution in [0.2, 0.25) is 0 Å². The van der Waals surface area contributed by atoms with Crippen molar-refractivity contribution in [1.82, 2.24) is 15.5 Å². The highest BCUT2D eigenvalue weighted by Gasteiger charge is 2.32. The van der Waals surface area contributed by atoms with Gasteiger partial charge in [0, 0.05) is 24.1 Å². The number of carbonyl (C=O) groups excluding carboxylic acids is 2. The summed E-state index contributed by atoms with van der Waals surface area (Å²) in [6.45, 7) is 3.87. The van der Waals surface area contributed by atoms with E-state index in [1.54, 1.807) is 0 Å². The molecule has 0 aromatic heterocycles. The Bertz CT molecular complexity index is 362. The normalized spacial score (nSPS) is 19.1. The first kappa shape index (κ1) is 15.6. The van der Waals surface area contributed by atoms with Crippen LogP contribution in [0.25, 0.3) is 0 Å². The standard InChI is InChI=1S/C11H19N3O4S/c1-7(2)13-9(15)5-12-11(18)14-3-4-19-6-8(14)10(16)17/h7-8H,3-6H2,1-2H3,(H,12,18)(H,13,15)(H,16,17). The topological polar surface area (TPSA) is 98.7 Å². The molecule has 0 radical (unpaired) electrons. The van der Waals surface area contributed by atoms with Crippen LogP contribution in [0, 0.1) is 0 Å². The molecule has 0 aromatic carbocycles. The monoisotopic (exact) mass is 289 g/mol. The number of amides is 3. The maximum Gasteiger partial charge on any atom is 0.327 e. The lowest BCUT2D eigenvalue weighted by Gasteiger charge is -2.32. The lowest BCUT2D eigenvalue weighted by atomic mass is 10.3. The van der Waals surface area contributed by atoms with Gasteiger partial charge in [-0.25, -0.2) is 9.59 Å². The van der Waals surface area contributed by atoms with Gasteiger partial charge in [0.2, 0.25) is 5.91 Å². The van der Waals surface area contributed by atoms with Crippen LogP contribution < -0.4 is 10.6 Å². The van der Waals surface area contributed by atoms with Gasteiger partial charge in [0.05, 0.1) is 6.54 Å². The molecule has 19 heavy (non-hydrogen) atoms. The van der Waals surface area contributed by atoms with Crippen molar-refractivity contribution in [2.75, 3.05) is 24.6 Å². The Balaban J connectivity index is 2.47. The summed E-state index contributed by atoms with van der Waals surface area (Å²) in [5, 5.41) is 14.1. The highest BCUT2D eigenvalue weighted by atomic mass is 32.2. The summed E-state index contributed by atoms with van der Waals surface area (Å²) in [7, 11) is 0. The van der Waals surface area contributed by atoms with Gasteiger partial charge in [-0.1, -0.05) is 0 Å². The van der Waals surface area contributed by atoms with E-state index < -0.39 is 18.0 Å². The summed E-state index contributed by atoms with van der Waals surface area (Å²) >= 11 is 1.50. The number of carbonyl (C=O) groups is 3. The van der Waals surface area contributed by atoms with Crippen LogP contribution in [0.1, 0.15) is 13.8 Å². The number of urea groups is 1. The molecule has 1 saturated heterocycles. The van der Waals surface area contributed by atoms with E-state index in [4.69, 9.17) is 5.11 Å². The lowest BCUT2D eigenvalue weighted by Crippen LogP contribution is -2.55. The summed E-state index contributed by atoms with van der Waals surface area (Å²) in [6, 6.07) is -1.33. The number of carboxylic acid groups (broad SMARTS) is 1. The third kappa shape index (κ3) is 4.98. The molecular formula is C11H19N3O4S. The third-order valence-corrected chi connectivity index (χ3v) is 3.55. The van der Waals surface area contributed by atoms with E-state index in [1.807, 2.05) is 13.8 Å². The molecule has 0 bridgehead atoms. The Morgan fingerprint density at radius 2 is 2.11 bits per heavy atom. The molecule has 0 aromatic rings. The molecule has 8 heteroatoms. The van der Waals surface area contributed by atoms with Gasteiger partial charge in [0.25, 0.3) is 0 Å². The predicted octanol–water partition coefficient (Wildman–Crippen LogP) is -0.277. The van der Waals surface area contributed by atoms with E-state index in [0.717, 1.165) is 0 Å². The van der Waals surface area contributed by atoms with E-state index in [0.29, 0.717) is 18.1 Å². The zero-order valence-electron chi connectivity index (χ0n) is 11.0. The first-order valence-electron chi connectivity index (χ1n) is 6.06. The Kier molecular flexibility index (Phi) is 5.94. The molecule has 1 aliphatic heterocycles. The highest BCUT2D eigenvalue weighted by molar-refractivity contribution is 7.99. The quantitative estimate of drug-likeness (QED) is 0.661. The molecule has 1 rings (SSSR count). The average molecular weight is 289 g/mol. The molecule has 0 spiro atoms. The van der Waals surface area contributed by atoms with E-state index in [1.165, 1.54) is 16.7 Å². The fourth-order valence-electron chi connectivity index (χ4n) is 1.68. The smallest absolute Gasteiger partial charge is 0.327 e. The van der Waals surface area contributed by atoms with Gasteiger partial charge in [-0.15, -0.1) is 0 Å². The second kappa shape index (κ2) is 7.22. The third-order valence-electron chi connectivity index (χ3n) is 2.52. The predicted molar refractivity (Wildman–Crippen MR) is 72.1 cm³/mol. The van der Waals surface area contributed by atoms with E-state index in [2.05, 4.69) is 10.6 Å². The van der Waals surface area contributed by atoms with Crippen molar-refractivity contribution in [3.63, 3.8) is 0 Å². The lowest BCUT2D eigenvalue weighted by molar-refractivity contribution is -0.141. The van der Waals surface area contributed by atoms with Crippen LogP contribution in [0.4, 0.5) is 4.79 Å². The van der Waals surface area contributed by atoms with Crippen LogP contribution in [0.3, 0.4) is 0 Å². The summed E-state index contributed by atoms with van der Waals surface area (Å²) in [5.41, 5.74) is 0. The molecule has 3 amide bonds. The van der Waals surface area contributed by atoms with Crippen LogP contribution in [0.5, 0.6) is 0 Å². The Labute approximate surface area is 116 Å². The molecular weight excluding hydrogens is 270 g/mol. The van der Waals surface area contributed by atoms with Crippen molar-refractivity contribution in [3.05, 3.63) is 0 Å². The fourth-order valence-corrected chi connectivity index (χ4v) is 2.72. The van der Waals surface area contributed by atoms with Gasteiger partial charge in [-0.05, 0) is 13.8 Å². The molecule has 7 nitrogen and oxygen atoms in total. The number of carboxylic acids is 1. The van der Waals surface area contributed by atoms with E-state index in [9.17, 15) is 14.4 Å². The maximum atomic E-state index is 11.9. The number of hydrogen-bond acceptors (Lipinski definition) is 4. The number of aliphatic carboxylic acids is 1. The number of nitrogens with zero attached hydrogens (tertiary/aromatic N) is 1. The van der Waals surface area contributed by atoms with Crippen molar-refractivity contribution >= 4 is 29.7 Å². The Morgan fingerprint density at radius 3 is 2.68 bits per heavy atom. The van der Waals surface area contributed by atoms with Crippen molar-refractivity contribution in [2.45, 2.75) is 25.9 Å². The number of thioether (sulfide) groups is 1. The van der Waals surface area contributed by atoms with E-state index >= 15 is 0 Å². The zero-order valence-corrected chi connectivity index (χ0v) is 11.8. The molecule has 0 aliphatic carbocycles. The second-order valence-electron chi connectivity index (χ2n) is 4.50. The number of hydrogen-bond donors (Lipinski definition) is 3. The molecule has 1 atom stereocenters. The van der Waals surface area contributed by atoms with Gasteiger partial charge in [0.1, 0.15) is 6.04 Å². The first-order chi connectivity index (χ1) is 8.91. The Morgan fingerprint density at radius 1 is 1.42 bits per heavy atom. The minimum absolute atomic E-state index is 0.00237. The van der Waals surface area contributed by atoms with Crippen molar-refractivity contribution in [3.8, 4) is 0 Å². The minimum atomic E-state index is -1.02. The van der Waals surface area contributed by atoms with Crippen molar-refractivity contribution < 1.29 is 19.5 Å². The molecule has 0 saturated carbocycles. The van der Waals surface area contributed by atoms with Gasteiger partial charge < -0.3 is 20.6 Å². The second-order valence-corrected chi connectivity index (χ2v) is 5.65. The fraction of sp³-hybridized carbons (Fsp3) is 0.727. The molecule has 3 N–H and O–H groups in total. The summed E-state index contributed by atoms with van der Waals surface area (Å²) in [5.74, 6) is -0.230. The highest BCUT2D eigenvalue weighted by Crippen LogP contribution is 2.16. The maximum absolute atomic E-state index is 11.9. The number of nitrogens with one attached hydrogen (secondary N) is 2. The van der Waals surface area contributed by atoms with Crippen LogP contribution in [0.15, 0.2) is 0 Å². The van der Waals surface area contributed by atoms with Crippen molar-refractivity contribution in [2.24, 2.45) is 0 Å². The van der Waals surface area contributed by atoms with Gasteiger partial charge in [-0.2, -0.15) is 11.8 Å². The zero-order chi connectivity index (χ0) is 14.4. The molecule has 1 unspecified atom stereocenters. The van der Waals surface area contributed by atoms with Gasteiger partial charge in [-0.3, -0.25) is 4.79 Å². The first-order valence-corrected chi connectivity index (χ1v) is 7.21. The summed E-state index contributed by atoms with van der Waals surface area (Å²) in [6.07, 6.45) is 0. The molecule has 1 fully saturated rings.